The smallest absolute Gasteiger partial charge is 0.308 e. The van der Waals surface area contributed by atoms with Crippen LogP contribution < -0.4 is 4.74 Å². The third-order valence-corrected chi connectivity index (χ3v) is 5.62. The third-order valence-electron chi connectivity index (χ3n) is 4.63. The van der Waals surface area contributed by atoms with E-state index in [9.17, 15) is 4.79 Å². The molecule has 0 fully saturated rings. The number of benzene rings is 2. The van der Waals surface area contributed by atoms with Gasteiger partial charge in [-0.15, -0.1) is 11.3 Å². The molecule has 6 heteroatoms. The lowest BCUT2D eigenvalue weighted by molar-refractivity contribution is -0.136. The maximum atomic E-state index is 10.9. The molecule has 0 radical (unpaired) electrons. The summed E-state index contributed by atoms with van der Waals surface area (Å²) < 4.78 is 8.03. The van der Waals surface area contributed by atoms with Crippen molar-refractivity contribution in [1.29, 1.82) is 0 Å². The molecule has 0 unspecified atom stereocenters. The van der Waals surface area contributed by atoms with Gasteiger partial charge in [0.25, 0.3) is 0 Å². The Kier molecular flexibility index (Phi) is 5.62. The molecule has 0 aliphatic carbocycles. The van der Waals surface area contributed by atoms with Crippen LogP contribution in [0.25, 0.3) is 16.2 Å². The highest BCUT2D eigenvalue weighted by Crippen LogP contribution is 2.33. The Balaban J connectivity index is 1.66. The zero-order valence-corrected chi connectivity index (χ0v) is 17.0. The van der Waals surface area contributed by atoms with E-state index in [1.165, 1.54) is 16.9 Å². The molecule has 0 spiro atoms. The molecule has 0 saturated heterocycles. The van der Waals surface area contributed by atoms with Gasteiger partial charge in [0.05, 0.1) is 12.1 Å². The first kappa shape index (κ1) is 19.2. The summed E-state index contributed by atoms with van der Waals surface area (Å²) in [5.74, 6) is -0.0381. The second kappa shape index (κ2) is 8.49. The number of aryl methyl sites for hydroxylation is 1. The Morgan fingerprint density at radius 1 is 1.14 bits per heavy atom. The lowest BCUT2D eigenvalue weighted by Crippen LogP contribution is -1.98. The monoisotopic (exact) mass is 406 g/mol. The molecule has 2 aromatic heterocycles. The third kappa shape index (κ3) is 4.49. The summed E-state index contributed by atoms with van der Waals surface area (Å²) in [5.41, 5.74) is 4.15. The first-order valence-electron chi connectivity index (χ1n) is 9.61. The Morgan fingerprint density at radius 3 is 2.69 bits per heavy atom. The number of nitrogens with zero attached hydrogens (tertiary/aromatic N) is 2. The highest BCUT2D eigenvalue weighted by Gasteiger charge is 2.14. The SMILES string of the molecule is CCCc1ccc(OCc2ccccc2)c(-c2cn3cc(CC(=O)O)sc3n2)c1. The van der Waals surface area contributed by atoms with Gasteiger partial charge in [-0.1, -0.05) is 49.7 Å². The minimum Gasteiger partial charge on any atom is -0.488 e. The van der Waals surface area contributed by atoms with E-state index in [0.717, 1.165) is 45.3 Å². The fourth-order valence-electron chi connectivity index (χ4n) is 3.29. The molecular weight excluding hydrogens is 384 g/mol. The van der Waals surface area contributed by atoms with E-state index in [0.29, 0.717) is 6.61 Å². The van der Waals surface area contributed by atoms with Gasteiger partial charge in [0.15, 0.2) is 4.96 Å². The van der Waals surface area contributed by atoms with Crippen LogP contribution in [0.3, 0.4) is 0 Å². The van der Waals surface area contributed by atoms with Crippen molar-refractivity contribution >= 4 is 22.3 Å². The molecule has 0 aliphatic rings. The fraction of sp³-hybridized carbons (Fsp3) is 0.217. The predicted molar refractivity (Wildman–Crippen MR) is 115 cm³/mol. The van der Waals surface area contributed by atoms with Crippen LogP contribution in [0, 0.1) is 0 Å². The number of imidazole rings is 1. The number of aromatic nitrogens is 2. The van der Waals surface area contributed by atoms with Crippen LogP contribution in [0.2, 0.25) is 0 Å². The van der Waals surface area contributed by atoms with Crippen molar-refractivity contribution in [2.24, 2.45) is 0 Å². The van der Waals surface area contributed by atoms with Gasteiger partial charge >= 0.3 is 5.97 Å². The maximum absolute atomic E-state index is 10.9. The van der Waals surface area contributed by atoms with Crippen LogP contribution in [0.5, 0.6) is 5.75 Å². The van der Waals surface area contributed by atoms with E-state index < -0.39 is 5.97 Å². The second-order valence-electron chi connectivity index (χ2n) is 6.94. The average molecular weight is 407 g/mol. The lowest BCUT2D eigenvalue weighted by Gasteiger charge is -2.12. The number of fused-ring (bicyclic) bond motifs is 1. The van der Waals surface area contributed by atoms with Gasteiger partial charge < -0.3 is 9.84 Å². The van der Waals surface area contributed by atoms with Gasteiger partial charge in [-0.25, -0.2) is 4.98 Å². The van der Waals surface area contributed by atoms with Crippen molar-refractivity contribution in [3.63, 3.8) is 0 Å². The maximum Gasteiger partial charge on any atom is 0.308 e. The molecule has 4 aromatic rings. The van der Waals surface area contributed by atoms with Crippen molar-refractivity contribution in [2.75, 3.05) is 0 Å². The normalized spacial score (nSPS) is 11.1. The molecular formula is C23H22N2O3S. The van der Waals surface area contributed by atoms with Crippen molar-refractivity contribution in [3.05, 3.63) is 76.9 Å². The Labute approximate surface area is 173 Å². The zero-order valence-electron chi connectivity index (χ0n) is 16.2. The summed E-state index contributed by atoms with van der Waals surface area (Å²) in [4.78, 5) is 17.3. The summed E-state index contributed by atoms with van der Waals surface area (Å²) in [6, 6.07) is 16.4. The zero-order chi connectivity index (χ0) is 20.2. The number of carboxylic acid groups (broad SMARTS) is 1. The summed E-state index contributed by atoms with van der Waals surface area (Å²) in [7, 11) is 0. The fourth-order valence-corrected chi connectivity index (χ4v) is 4.24. The van der Waals surface area contributed by atoms with E-state index in [1.807, 2.05) is 53.2 Å². The van der Waals surface area contributed by atoms with Gasteiger partial charge in [0.2, 0.25) is 0 Å². The number of hydrogen-bond acceptors (Lipinski definition) is 4. The topological polar surface area (TPSA) is 63.8 Å². The number of rotatable bonds is 8. The highest BCUT2D eigenvalue weighted by atomic mass is 32.1. The van der Waals surface area contributed by atoms with E-state index in [2.05, 4.69) is 19.1 Å². The van der Waals surface area contributed by atoms with Crippen molar-refractivity contribution in [3.8, 4) is 17.0 Å². The number of carboxylic acids is 1. The first-order chi connectivity index (χ1) is 14.1. The van der Waals surface area contributed by atoms with Crippen molar-refractivity contribution in [2.45, 2.75) is 32.8 Å². The standard InChI is InChI=1S/C23H22N2O3S/c1-2-6-16-9-10-21(28-15-17-7-4-3-5-8-17)19(11-16)20-14-25-13-18(12-22(26)27)29-23(25)24-20/h3-5,7-11,13-14H,2,6,12,15H2,1H3,(H,26,27). The molecule has 4 rings (SSSR count). The van der Waals surface area contributed by atoms with Crippen LogP contribution in [-0.2, 0) is 24.2 Å². The summed E-state index contributed by atoms with van der Waals surface area (Å²) in [6.07, 6.45) is 5.86. The number of thiazole rings is 1. The van der Waals surface area contributed by atoms with Crippen LogP contribution in [0.1, 0.15) is 29.3 Å². The van der Waals surface area contributed by atoms with Gasteiger partial charge in [0.1, 0.15) is 12.4 Å². The first-order valence-corrected chi connectivity index (χ1v) is 10.4. The molecule has 5 nitrogen and oxygen atoms in total. The molecule has 0 amide bonds. The minimum absolute atomic E-state index is 0.0147. The molecule has 0 bridgehead atoms. The molecule has 0 atom stereocenters. The summed E-state index contributed by atoms with van der Waals surface area (Å²) in [5, 5.41) is 8.99. The van der Waals surface area contributed by atoms with Crippen LogP contribution in [-0.4, -0.2) is 20.5 Å². The van der Waals surface area contributed by atoms with E-state index in [1.54, 1.807) is 0 Å². The van der Waals surface area contributed by atoms with Gasteiger partial charge in [0, 0.05) is 22.8 Å². The van der Waals surface area contributed by atoms with Gasteiger partial charge in [-0.05, 0) is 29.7 Å². The van der Waals surface area contributed by atoms with Crippen LogP contribution in [0.4, 0.5) is 0 Å². The molecule has 148 valence electrons. The number of aliphatic carboxylic acids is 1. The van der Waals surface area contributed by atoms with Gasteiger partial charge in [-0.3, -0.25) is 9.20 Å². The Morgan fingerprint density at radius 2 is 1.97 bits per heavy atom. The molecule has 0 saturated carbocycles. The molecule has 0 aliphatic heterocycles. The van der Waals surface area contributed by atoms with E-state index in [-0.39, 0.29) is 6.42 Å². The van der Waals surface area contributed by atoms with Crippen molar-refractivity contribution < 1.29 is 14.6 Å². The number of ether oxygens (including phenoxy) is 1. The molecule has 1 N–H and O–H groups in total. The van der Waals surface area contributed by atoms with E-state index >= 15 is 0 Å². The second-order valence-corrected chi connectivity index (χ2v) is 8.03. The lowest BCUT2D eigenvalue weighted by atomic mass is 10.0. The highest BCUT2D eigenvalue weighted by molar-refractivity contribution is 7.17. The molecule has 2 heterocycles. The quantitative estimate of drug-likeness (QED) is 0.436. The van der Waals surface area contributed by atoms with Crippen molar-refractivity contribution in [1.82, 2.24) is 9.38 Å². The Bertz CT molecular complexity index is 1100. The predicted octanol–water partition coefficient (Wildman–Crippen LogP) is 5.22. The largest absolute Gasteiger partial charge is 0.488 e. The number of carbonyl (C=O) groups is 1. The van der Waals surface area contributed by atoms with Gasteiger partial charge in [-0.2, -0.15) is 0 Å². The van der Waals surface area contributed by atoms with Crippen LogP contribution in [0.15, 0.2) is 60.9 Å². The summed E-state index contributed by atoms with van der Waals surface area (Å²) >= 11 is 1.40. The summed E-state index contributed by atoms with van der Waals surface area (Å²) in [6.45, 7) is 2.65. The Hall–Kier alpha value is -3.12. The number of hydrogen-bond donors (Lipinski definition) is 1. The van der Waals surface area contributed by atoms with Crippen LogP contribution >= 0.6 is 11.3 Å². The molecule has 2 aromatic carbocycles. The average Bonchev–Trinajstić information content (AvgIpc) is 3.26. The van der Waals surface area contributed by atoms with E-state index in [4.69, 9.17) is 14.8 Å². The molecule has 29 heavy (non-hydrogen) atoms. The minimum atomic E-state index is -0.835.